The van der Waals surface area contributed by atoms with Crippen LogP contribution < -0.4 is 15.2 Å². The summed E-state index contributed by atoms with van der Waals surface area (Å²) in [7, 11) is 1.56. The van der Waals surface area contributed by atoms with Gasteiger partial charge in [0.05, 0.1) is 34.6 Å². The van der Waals surface area contributed by atoms with Gasteiger partial charge in [-0.3, -0.25) is 0 Å². The molecule has 0 fully saturated rings. The van der Waals surface area contributed by atoms with Crippen LogP contribution in [0, 0.1) is 12.7 Å². The lowest BCUT2D eigenvalue weighted by Gasteiger charge is -2.21. The zero-order valence-electron chi connectivity index (χ0n) is 16.2. The van der Waals surface area contributed by atoms with Gasteiger partial charge in [0.15, 0.2) is 11.6 Å². The third-order valence-corrected chi connectivity index (χ3v) is 6.39. The average Bonchev–Trinajstić information content (AvgIpc) is 3.28. The van der Waals surface area contributed by atoms with Crippen molar-refractivity contribution in [2.24, 2.45) is 5.73 Å². The highest BCUT2D eigenvalue weighted by Gasteiger charge is 2.37. The molecule has 2 aromatic carbocycles. The molecule has 29 heavy (non-hydrogen) atoms. The van der Waals surface area contributed by atoms with E-state index in [1.165, 1.54) is 17.4 Å². The second kappa shape index (κ2) is 6.33. The summed E-state index contributed by atoms with van der Waals surface area (Å²) >= 11 is 1.51. The molecule has 1 unspecified atom stereocenters. The Kier molecular flexibility index (Phi) is 3.97. The number of hydrogen-bond donors (Lipinski definition) is 1. The summed E-state index contributed by atoms with van der Waals surface area (Å²) < 4.78 is 26.6. The molecule has 0 amide bonds. The van der Waals surface area contributed by atoms with Gasteiger partial charge in [-0.2, -0.15) is 0 Å². The van der Waals surface area contributed by atoms with Crippen LogP contribution in [0.5, 0.6) is 11.6 Å². The monoisotopic (exact) mass is 410 g/mol. The third-order valence-electron chi connectivity index (χ3n) is 5.22. The summed E-state index contributed by atoms with van der Waals surface area (Å²) in [6.07, 6.45) is 2.15. The van der Waals surface area contributed by atoms with Gasteiger partial charge in [0.2, 0.25) is 5.88 Å². The van der Waals surface area contributed by atoms with E-state index < -0.39 is 11.4 Å². The first-order valence-electron chi connectivity index (χ1n) is 9.23. The summed E-state index contributed by atoms with van der Waals surface area (Å²) in [4.78, 5) is 13.7. The van der Waals surface area contributed by atoms with Crippen LogP contribution >= 0.6 is 11.3 Å². The van der Waals surface area contributed by atoms with Crippen molar-refractivity contribution < 1.29 is 13.9 Å². The first-order valence-corrected chi connectivity index (χ1v) is 10.1. The van der Waals surface area contributed by atoms with Crippen molar-refractivity contribution in [1.29, 1.82) is 0 Å². The number of benzene rings is 2. The fraction of sp³-hybridized carbons (Fsp3) is 0.286. The highest BCUT2D eigenvalue weighted by molar-refractivity contribution is 7.22. The number of nitrogens with zero attached hydrogens (tertiary/aromatic N) is 3. The number of ether oxygens (including phenoxy) is 2. The molecule has 0 aliphatic carbocycles. The molecule has 8 heteroatoms. The van der Waals surface area contributed by atoms with Crippen LogP contribution in [0.15, 0.2) is 24.4 Å². The fourth-order valence-corrected chi connectivity index (χ4v) is 4.84. The van der Waals surface area contributed by atoms with Crippen molar-refractivity contribution in [3.8, 4) is 22.2 Å². The molecule has 4 aromatic rings. The highest BCUT2D eigenvalue weighted by Crippen LogP contribution is 2.45. The number of nitrogens with two attached hydrogens (primary N) is 1. The molecule has 0 bridgehead atoms. The van der Waals surface area contributed by atoms with Crippen molar-refractivity contribution >= 4 is 32.6 Å². The third kappa shape index (κ3) is 2.82. The van der Waals surface area contributed by atoms with E-state index in [0.717, 1.165) is 37.4 Å². The zero-order chi connectivity index (χ0) is 20.3. The lowest BCUT2D eigenvalue weighted by atomic mass is 9.99. The first-order chi connectivity index (χ1) is 13.9. The van der Waals surface area contributed by atoms with Gasteiger partial charge < -0.3 is 15.2 Å². The number of rotatable bonds is 3. The number of aromatic nitrogens is 3. The molecule has 1 atom stereocenters. The number of methoxy groups -OCH3 is 1. The van der Waals surface area contributed by atoms with Crippen molar-refractivity contribution in [2.75, 3.05) is 13.7 Å². The van der Waals surface area contributed by atoms with Gasteiger partial charge in [-0.25, -0.2) is 19.3 Å². The van der Waals surface area contributed by atoms with Crippen LogP contribution in [-0.4, -0.2) is 34.2 Å². The number of aryl methyl sites for hydroxylation is 1. The number of hydrogen-bond acceptors (Lipinski definition) is 7. The van der Waals surface area contributed by atoms with Crippen molar-refractivity contribution in [3.05, 3.63) is 41.3 Å². The molecule has 1 aliphatic heterocycles. The molecule has 2 aromatic heterocycles. The molecule has 148 valence electrons. The number of halogens is 1. The average molecular weight is 410 g/mol. The summed E-state index contributed by atoms with van der Waals surface area (Å²) in [5, 5.41) is 0.766. The quantitative estimate of drug-likeness (QED) is 0.549. The van der Waals surface area contributed by atoms with E-state index in [1.807, 2.05) is 26.0 Å². The SMILES string of the molecule is COc1cnc2c(-c3nc4cc(F)c5c(c4s3)CC(C)(CN)O5)cc(C)cc2n1. The van der Waals surface area contributed by atoms with E-state index in [4.69, 9.17) is 20.2 Å². The van der Waals surface area contributed by atoms with E-state index in [9.17, 15) is 4.39 Å². The van der Waals surface area contributed by atoms with Crippen molar-refractivity contribution in [2.45, 2.75) is 25.9 Å². The number of thiazole rings is 1. The summed E-state index contributed by atoms with van der Waals surface area (Å²) in [6.45, 7) is 4.21. The Labute approximate surface area is 170 Å². The highest BCUT2D eigenvalue weighted by atomic mass is 32.1. The van der Waals surface area contributed by atoms with Gasteiger partial charge in [0.1, 0.15) is 10.6 Å². The Morgan fingerprint density at radius 1 is 1.28 bits per heavy atom. The second-order valence-electron chi connectivity index (χ2n) is 7.56. The van der Waals surface area contributed by atoms with Gasteiger partial charge in [-0.05, 0) is 31.5 Å². The molecule has 3 heterocycles. The van der Waals surface area contributed by atoms with Crippen LogP contribution in [0.3, 0.4) is 0 Å². The van der Waals surface area contributed by atoms with Crippen LogP contribution in [0.2, 0.25) is 0 Å². The maximum absolute atomic E-state index is 14.7. The van der Waals surface area contributed by atoms with Crippen LogP contribution in [0.1, 0.15) is 18.1 Å². The lowest BCUT2D eigenvalue weighted by Crippen LogP contribution is -2.39. The lowest BCUT2D eigenvalue weighted by molar-refractivity contribution is 0.121. The summed E-state index contributed by atoms with van der Waals surface area (Å²) in [5.74, 6) is 0.343. The first kappa shape index (κ1) is 18.2. The van der Waals surface area contributed by atoms with Crippen LogP contribution in [0.4, 0.5) is 4.39 Å². The molecular formula is C21H19FN4O2S. The van der Waals surface area contributed by atoms with Crippen molar-refractivity contribution in [3.63, 3.8) is 0 Å². The minimum atomic E-state index is -0.598. The van der Waals surface area contributed by atoms with Crippen LogP contribution in [-0.2, 0) is 6.42 Å². The molecule has 0 saturated carbocycles. The van der Waals surface area contributed by atoms with Gasteiger partial charge >= 0.3 is 0 Å². The van der Waals surface area contributed by atoms with Gasteiger partial charge in [-0.15, -0.1) is 11.3 Å². The van der Waals surface area contributed by atoms with E-state index in [2.05, 4.69) is 9.97 Å². The normalized spacial score (nSPS) is 18.2. The van der Waals surface area contributed by atoms with Crippen LogP contribution in [0.25, 0.3) is 31.8 Å². The largest absolute Gasteiger partial charge is 0.482 e. The molecule has 0 spiro atoms. The molecule has 6 nitrogen and oxygen atoms in total. The second-order valence-corrected chi connectivity index (χ2v) is 8.56. The Bertz CT molecular complexity index is 1290. The molecule has 1 aliphatic rings. The van der Waals surface area contributed by atoms with E-state index in [1.54, 1.807) is 13.3 Å². The summed E-state index contributed by atoms with van der Waals surface area (Å²) in [5.41, 5.74) is 10.1. The fourth-order valence-electron chi connectivity index (χ4n) is 3.74. The molecular weight excluding hydrogens is 391 g/mol. The predicted molar refractivity (Wildman–Crippen MR) is 111 cm³/mol. The topological polar surface area (TPSA) is 83.2 Å². The van der Waals surface area contributed by atoms with Gasteiger partial charge in [0.25, 0.3) is 0 Å². The Morgan fingerprint density at radius 2 is 2.10 bits per heavy atom. The van der Waals surface area contributed by atoms with E-state index >= 15 is 0 Å². The molecule has 5 rings (SSSR count). The maximum atomic E-state index is 14.7. The smallest absolute Gasteiger partial charge is 0.232 e. The Balaban J connectivity index is 1.73. The summed E-state index contributed by atoms with van der Waals surface area (Å²) in [6, 6.07) is 5.42. The van der Waals surface area contributed by atoms with E-state index in [-0.39, 0.29) is 0 Å². The minimum Gasteiger partial charge on any atom is -0.482 e. The number of fused-ring (bicyclic) bond motifs is 4. The van der Waals surface area contributed by atoms with Crippen molar-refractivity contribution in [1.82, 2.24) is 15.0 Å². The molecule has 2 N–H and O–H groups in total. The zero-order valence-corrected chi connectivity index (χ0v) is 17.1. The van der Waals surface area contributed by atoms with E-state index in [0.29, 0.717) is 30.1 Å². The Hall–Kier alpha value is -2.84. The minimum absolute atomic E-state index is 0.291. The molecule has 0 radical (unpaired) electrons. The standard InChI is InChI=1S/C21H19FN4O2S/c1-10-4-11(17-14(5-10)25-16(27-3)8-24-17)20-26-15-6-13(22)18-12(19(15)29-20)7-21(2,9-23)28-18/h4-6,8H,7,9,23H2,1-3H3. The predicted octanol–water partition coefficient (Wildman–Crippen LogP) is 4.01. The van der Waals surface area contributed by atoms with Gasteiger partial charge in [-0.1, -0.05) is 0 Å². The maximum Gasteiger partial charge on any atom is 0.232 e. The Morgan fingerprint density at radius 3 is 2.86 bits per heavy atom. The molecule has 0 saturated heterocycles. The van der Waals surface area contributed by atoms with Gasteiger partial charge in [0, 0.05) is 30.2 Å².